The highest BCUT2D eigenvalue weighted by molar-refractivity contribution is 5.82. The van der Waals surface area contributed by atoms with E-state index < -0.39 is 5.41 Å². The van der Waals surface area contributed by atoms with Crippen molar-refractivity contribution in [3.63, 3.8) is 0 Å². The highest BCUT2D eigenvalue weighted by Crippen LogP contribution is 2.37. The fourth-order valence-electron chi connectivity index (χ4n) is 3.32. The van der Waals surface area contributed by atoms with Crippen molar-refractivity contribution in [2.24, 2.45) is 0 Å². The molecule has 4 rings (SSSR count). The second-order valence-corrected chi connectivity index (χ2v) is 7.87. The van der Waals surface area contributed by atoms with Crippen molar-refractivity contribution in [2.75, 3.05) is 7.11 Å². The van der Waals surface area contributed by atoms with Crippen LogP contribution in [0.1, 0.15) is 37.8 Å². The zero-order valence-electron chi connectivity index (χ0n) is 16.4. The van der Waals surface area contributed by atoms with Crippen LogP contribution >= 0.6 is 0 Å². The first-order valence-corrected chi connectivity index (χ1v) is 9.45. The number of phenols is 1. The van der Waals surface area contributed by atoms with E-state index in [0.717, 1.165) is 27.8 Å². The van der Waals surface area contributed by atoms with Gasteiger partial charge in [0, 0.05) is 29.9 Å². The molecule has 1 aromatic carbocycles. The maximum absolute atomic E-state index is 10.6. The predicted octanol–water partition coefficient (Wildman–Crippen LogP) is 3.77. The van der Waals surface area contributed by atoms with Gasteiger partial charge in [-0.2, -0.15) is 10.4 Å². The number of benzene rings is 1. The zero-order chi connectivity index (χ0) is 19.9. The molecule has 0 bridgehead atoms. The Hall–Kier alpha value is -3.04. The van der Waals surface area contributed by atoms with Crippen molar-refractivity contribution in [2.45, 2.75) is 44.7 Å². The molecule has 1 saturated carbocycles. The predicted molar refractivity (Wildman–Crippen MR) is 107 cm³/mol. The summed E-state index contributed by atoms with van der Waals surface area (Å²) in [6.07, 6.45) is 6.03. The number of hydrogen-bond acceptors (Lipinski definition) is 5. The average Bonchev–Trinajstić information content (AvgIpc) is 3.42. The quantitative estimate of drug-likeness (QED) is 0.684. The summed E-state index contributed by atoms with van der Waals surface area (Å²) in [5, 5.41) is 27.8. The maximum atomic E-state index is 10.6. The SMILES string of the molecule is COc1cc(-c2cnn3cc(C(C)(C)C#N)ccc23)cc(O)c1CNC1CC1. The summed E-state index contributed by atoms with van der Waals surface area (Å²) in [5.41, 5.74) is 3.73. The van der Waals surface area contributed by atoms with Gasteiger partial charge in [0.15, 0.2) is 0 Å². The Labute approximate surface area is 164 Å². The second-order valence-electron chi connectivity index (χ2n) is 7.87. The molecular formula is C22H24N4O2. The number of fused-ring (bicyclic) bond motifs is 1. The molecule has 0 unspecified atom stereocenters. The molecule has 0 amide bonds. The summed E-state index contributed by atoms with van der Waals surface area (Å²) in [7, 11) is 1.62. The first-order valence-electron chi connectivity index (χ1n) is 9.45. The van der Waals surface area contributed by atoms with Gasteiger partial charge in [0.1, 0.15) is 11.5 Å². The molecule has 0 radical (unpaired) electrons. The van der Waals surface area contributed by atoms with E-state index in [4.69, 9.17) is 4.74 Å². The van der Waals surface area contributed by atoms with E-state index in [1.54, 1.807) is 23.9 Å². The summed E-state index contributed by atoms with van der Waals surface area (Å²) >= 11 is 0. The summed E-state index contributed by atoms with van der Waals surface area (Å²) in [6, 6.07) is 10.5. The molecule has 0 spiro atoms. The third-order valence-electron chi connectivity index (χ3n) is 5.38. The van der Waals surface area contributed by atoms with Crippen LogP contribution < -0.4 is 10.1 Å². The van der Waals surface area contributed by atoms with Gasteiger partial charge in [-0.05, 0) is 56.0 Å². The average molecular weight is 376 g/mol. The van der Waals surface area contributed by atoms with Crippen LogP contribution in [-0.2, 0) is 12.0 Å². The molecular weight excluding hydrogens is 352 g/mol. The lowest BCUT2D eigenvalue weighted by Crippen LogP contribution is -2.16. The molecule has 2 heterocycles. The van der Waals surface area contributed by atoms with Gasteiger partial charge in [-0.3, -0.25) is 0 Å². The van der Waals surface area contributed by atoms with Crippen LogP contribution in [0.5, 0.6) is 11.5 Å². The van der Waals surface area contributed by atoms with Gasteiger partial charge >= 0.3 is 0 Å². The van der Waals surface area contributed by atoms with E-state index in [1.165, 1.54) is 12.8 Å². The summed E-state index contributed by atoms with van der Waals surface area (Å²) in [4.78, 5) is 0. The maximum Gasteiger partial charge on any atom is 0.127 e. The molecule has 2 N–H and O–H groups in total. The van der Waals surface area contributed by atoms with Gasteiger partial charge in [-0.15, -0.1) is 0 Å². The van der Waals surface area contributed by atoms with Crippen molar-refractivity contribution in [3.05, 3.63) is 47.8 Å². The smallest absolute Gasteiger partial charge is 0.127 e. The van der Waals surface area contributed by atoms with Crippen molar-refractivity contribution in [1.82, 2.24) is 14.9 Å². The van der Waals surface area contributed by atoms with E-state index in [0.29, 0.717) is 18.3 Å². The van der Waals surface area contributed by atoms with Gasteiger partial charge in [0.2, 0.25) is 0 Å². The number of methoxy groups -OCH3 is 1. The molecule has 0 atom stereocenters. The number of aromatic hydroxyl groups is 1. The Morgan fingerprint density at radius 3 is 2.82 bits per heavy atom. The van der Waals surface area contributed by atoms with Crippen molar-refractivity contribution >= 4 is 5.52 Å². The number of pyridine rings is 1. The van der Waals surface area contributed by atoms with Crippen LogP contribution in [-0.4, -0.2) is 27.9 Å². The largest absolute Gasteiger partial charge is 0.507 e. The standard InChI is InChI=1S/C22H24N4O2/c1-22(2,13-23)15-4-7-19-17(11-25-26(19)12-15)14-8-20(27)18(21(9-14)28-3)10-24-16-5-6-16/h4,7-9,11-12,16,24,27H,5-6,10H2,1-3H3. The second kappa shape index (κ2) is 6.84. The zero-order valence-corrected chi connectivity index (χ0v) is 16.4. The molecule has 6 nitrogen and oxygen atoms in total. The first kappa shape index (κ1) is 18.3. The van der Waals surface area contributed by atoms with Crippen molar-refractivity contribution in [3.8, 4) is 28.7 Å². The Kier molecular flexibility index (Phi) is 4.48. The number of ether oxygens (including phenoxy) is 1. The van der Waals surface area contributed by atoms with E-state index in [-0.39, 0.29) is 5.75 Å². The lowest BCUT2D eigenvalue weighted by molar-refractivity contribution is 0.397. The number of rotatable bonds is 6. The molecule has 144 valence electrons. The van der Waals surface area contributed by atoms with E-state index in [1.807, 2.05) is 38.2 Å². The van der Waals surface area contributed by atoms with Gasteiger partial charge in [0.05, 0.1) is 30.3 Å². The Balaban J connectivity index is 1.73. The number of nitriles is 1. The minimum Gasteiger partial charge on any atom is -0.507 e. The van der Waals surface area contributed by atoms with Crippen molar-refractivity contribution < 1.29 is 9.84 Å². The Bertz CT molecular complexity index is 1070. The van der Waals surface area contributed by atoms with E-state index in [2.05, 4.69) is 16.5 Å². The van der Waals surface area contributed by atoms with Crippen LogP contribution in [0.3, 0.4) is 0 Å². The lowest BCUT2D eigenvalue weighted by atomic mass is 9.87. The molecule has 28 heavy (non-hydrogen) atoms. The first-order chi connectivity index (χ1) is 13.4. The third-order valence-corrected chi connectivity index (χ3v) is 5.38. The Morgan fingerprint density at radius 1 is 1.36 bits per heavy atom. The minimum atomic E-state index is -0.585. The summed E-state index contributed by atoms with van der Waals surface area (Å²) in [6.45, 7) is 4.35. The monoisotopic (exact) mass is 376 g/mol. The third kappa shape index (κ3) is 3.30. The van der Waals surface area contributed by atoms with Gasteiger partial charge in [-0.25, -0.2) is 4.52 Å². The Morgan fingerprint density at radius 2 is 2.14 bits per heavy atom. The number of nitrogens with one attached hydrogen (secondary N) is 1. The van der Waals surface area contributed by atoms with Crippen LogP contribution in [0.25, 0.3) is 16.6 Å². The number of phenolic OH excluding ortho intramolecular Hbond substituents is 1. The van der Waals surface area contributed by atoms with Crippen molar-refractivity contribution in [1.29, 1.82) is 5.26 Å². The molecule has 3 aromatic rings. The van der Waals surface area contributed by atoms with Crippen LogP contribution in [0, 0.1) is 11.3 Å². The number of nitrogens with zero attached hydrogens (tertiary/aromatic N) is 3. The minimum absolute atomic E-state index is 0.212. The molecule has 1 aliphatic carbocycles. The van der Waals surface area contributed by atoms with Crippen LogP contribution in [0.15, 0.2) is 36.7 Å². The molecule has 2 aromatic heterocycles. The highest BCUT2D eigenvalue weighted by atomic mass is 16.5. The van der Waals surface area contributed by atoms with Gasteiger partial charge in [0.25, 0.3) is 0 Å². The molecule has 1 aliphatic rings. The summed E-state index contributed by atoms with van der Waals surface area (Å²) < 4.78 is 7.32. The number of hydrogen-bond donors (Lipinski definition) is 2. The molecule has 0 aliphatic heterocycles. The van der Waals surface area contributed by atoms with E-state index in [9.17, 15) is 10.4 Å². The van der Waals surface area contributed by atoms with E-state index >= 15 is 0 Å². The van der Waals surface area contributed by atoms with Gasteiger partial charge < -0.3 is 15.2 Å². The fraction of sp³-hybridized carbons (Fsp3) is 0.364. The number of aromatic nitrogens is 2. The fourth-order valence-corrected chi connectivity index (χ4v) is 3.32. The molecule has 1 fully saturated rings. The normalized spacial score (nSPS) is 14.2. The lowest BCUT2D eigenvalue weighted by Gasteiger charge is -2.16. The topological polar surface area (TPSA) is 82.6 Å². The van der Waals surface area contributed by atoms with Gasteiger partial charge in [-0.1, -0.05) is 6.07 Å². The summed E-state index contributed by atoms with van der Waals surface area (Å²) in [5.74, 6) is 0.869. The highest BCUT2D eigenvalue weighted by Gasteiger charge is 2.23. The molecule has 6 heteroatoms. The molecule has 0 saturated heterocycles. The van der Waals surface area contributed by atoms with Crippen LogP contribution in [0.2, 0.25) is 0 Å². The van der Waals surface area contributed by atoms with Crippen LogP contribution in [0.4, 0.5) is 0 Å².